The van der Waals surface area contributed by atoms with Crippen molar-refractivity contribution in [2.75, 3.05) is 0 Å². The number of thiophene rings is 1. The first-order chi connectivity index (χ1) is 25.9. The normalized spacial score (nSPS) is 15.4. The molecule has 7 aromatic rings. The van der Waals surface area contributed by atoms with Gasteiger partial charge >= 0.3 is 0 Å². The van der Waals surface area contributed by atoms with Crippen molar-refractivity contribution in [3.63, 3.8) is 0 Å². The van der Waals surface area contributed by atoms with E-state index in [0.717, 1.165) is 25.8 Å². The van der Waals surface area contributed by atoms with Crippen LogP contribution in [0.25, 0.3) is 53.8 Å². The van der Waals surface area contributed by atoms with Gasteiger partial charge in [-0.05, 0) is 91.1 Å². The zero-order valence-corrected chi connectivity index (χ0v) is 33.3. The number of benzene rings is 4. The van der Waals surface area contributed by atoms with Gasteiger partial charge in [0.2, 0.25) is 11.4 Å². The molecule has 0 saturated heterocycles. The van der Waals surface area contributed by atoms with Crippen LogP contribution in [0.15, 0.2) is 122 Å². The molecule has 2 unspecified atom stereocenters. The highest BCUT2D eigenvalue weighted by molar-refractivity contribution is 7.25. The maximum Gasteiger partial charge on any atom is 0.213 e. The molecule has 0 spiro atoms. The summed E-state index contributed by atoms with van der Waals surface area (Å²) in [5.74, 6) is 0.484. The number of hydrogen-bond acceptors (Lipinski definition) is 1. The van der Waals surface area contributed by atoms with Gasteiger partial charge < -0.3 is 0 Å². The average Bonchev–Trinajstić information content (AvgIpc) is 3.56. The molecule has 0 N–H and O–H groups in total. The van der Waals surface area contributed by atoms with Crippen LogP contribution >= 0.6 is 11.3 Å². The fourth-order valence-electron chi connectivity index (χ4n) is 9.57. The maximum atomic E-state index is 2.72. The van der Waals surface area contributed by atoms with Gasteiger partial charge in [0.15, 0.2) is 25.0 Å². The topological polar surface area (TPSA) is 7.76 Å². The van der Waals surface area contributed by atoms with Crippen molar-refractivity contribution in [1.82, 2.24) is 0 Å². The average molecular weight is 715 g/mol. The Labute approximate surface area is 320 Å². The molecule has 4 aromatic carbocycles. The van der Waals surface area contributed by atoms with Crippen molar-refractivity contribution in [3.05, 3.63) is 144 Å². The van der Waals surface area contributed by atoms with Gasteiger partial charge in [0.25, 0.3) is 0 Å². The number of rotatable bonds is 11. The summed E-state index contributed by atoms with van der Waals surface area (Å²) in [6.07, 6.45) is 11.8. The van der Waals surface area contributed by atoms with E-state index in [4.69, 9.17) is 0 Å². The third-order valence-electron chi connectivity index (χ3n) is 12.6. The lowest BCUT2D eigenvalue weighted by molar-refractivity contribution is -0.743. The molecule has 8 rings (SSSR count). The Morgan fingerprint density at radius 3 is 2.26 bits per heavy atom. The summed E-state index contributed by atoms with van der Waals surface area (Å²) in [5.41, 5.74) is 13.8. The molecule has 2 atom stereocenters. The molecule has 2 nitrogen and oxygen atoms in total. The Morgan fingerprint density at radius 2 is 1.47 bits per heavy atom. The van der Waals surface area contributed by atoms with Crippen LogP contribution in [0.1, 0.15) is 100 Å². The standard InChI is InChI=1S/C50H54N2S/c1-7-10-18-35(5)40-32-46-39-22-14-16-23-44(39)50(8-2,9-3)49(52(46)33-43(40)37-19-12-11-13-20-37)26-28-51-27-25-34(4)29-45(51)41-31-42-38-21-15-17-24-47(38)53-48(42)30-36(41)6/h11-17,19-25,27,29-33,35,49H,7-10,18,26,28H2,1-6H3/q+2. The van der Waals surface area contributed by atoms with E-state index in [0.29, 0.717) is 12.0 Å². The highest BCUT2D eigenvalue weighted by Gasteiger charge is 2.50. The molecule has 53 heavy (non-hydrogen) atoms. The van der Waals surface area contributed by atoms with E-state index >= 15 is 0 Å². The van der Waals surface area contributed by atoms with E-state index in [9.17, 15) is 0 Å². The molecule has 0 radical (unpaired) electrons. The minimum absolute atomic E-state index is 0.0212. The Hall–Kier alpha value is -4.60. The van der Waals surface area contributed by atoms with Crippen molar-refractivity contribution in [2.45, 2.75) is 104 Å². The first-order valence-electron chi connectivity index (χ1n) is 20.0. The first kappa shape index (κ1) is 35.4. The van der Waals surface area contributed by atoms with Gasteiger partial charge in [0.05, 0.1) is 17.4 Å². The Kier molecular flexibility index (Phi) is 9.81. The van der Waals surface area contributed by atoms with Gasteiger partial charge in [-0.25, -0.2) is 0 Å². The molecule has 0 saturated carbocycles. The molecule has 0 fully saturated rings. The lowest BCUT2D eigenvalue weighted by atomic mass is 9.65. The fourth-order valence-corrected chi connectivity index (χ4v) is 10.8. The molecule has 0 amide bonds. The van der Waals surface area contributed by atoms with Crippen molar-refractivity contribution in [1.29, 1.82) is 0 Å². The second-order valence-corrected chi connectivity index (χ2v) is 16.7. The number of fused-ring (bicyclic) bond motifs is 6. The molecule has 0 bridgehead atoms. The summed E-state index contributed by atoms with van der Waals surface area (Å²) in [6, 6.07) is 41.8. The summed E-state index contributed by atoms with van der Waals surface area (Å²) >= 11 is 1.90. The van der Waals surface area contributed by atoms with E-state index in [1.54, 1.807) is 0 Å². The first-order valence-corrected chi connectivity index (χ1v) is 20.8. The van der Waals surface area contributed by atoms with Gasteiger partial charge in [-0.3, -0.25) is 0 Å². The second kappa shape index (κ2) is 14.7. The lowest BCUT2D eigenvalue weighted by Gasteiger charge is -2.41. The SMILES string of the molecule is CCCCC(C)c1cc2[n+](cc1-c1ccccc1)C(CC[n+]1ccc(C)cc1-c1cc3c(cc1C)sc1ccccc13)C(CC)(CC)c1ccccc1-2. The van der Waals surface area contributed by atoms with E-state index in [2.05, 4.69) is 172 Å². The van der Waals surface area contributed by atoms with Crippen LogP contribution in [0.4, 0.5) is 0 Å². The fraction of sp³-hybridized carbons (Fsp3) is 0.320. The molecular formula is C50H54N2S+2. The number of aryl methyl sites for hydroxylation is 3. The van der Waals surface area contributed by atoms with E-state index in [1.165, 1.54) is 95.3 Å². The molecule has 3 heteroatoms. The molecule has 268 valence electrons. The number of unbranched alkanes of at least 4 members (excludes halogenated alkanes) is 1. The summed E-state index contributed by atoms with van der Waals surface area (Å²) in [6.45, 7) is 15.1. The van der Waals surface area contributed by atoms with Gasteiger partial charge in [-0.1, -0.05) is 107 Å². The predicted octanol–water partition coefficient (Wildman–Crippen LogP) is 13.2. The van der Waals surface area contributed by atoms with E-state index in [-0.39, 0.29) is 5.41 Å². The van der Waals surface area contributed by atoms with Crippen LogP contribution in [-0.2, 0) is 12.0 Å². The van der Waals surface area contributed by atoms with Gasteiger partial charge in [0.1, 0.15) is 0 Å². The van der Waals surface area contributed by atoms with Gasteiger partial charge in [-0.15, -0.1) is 11.3 Å². The van der Waals surface area contributed by atoms with Crippen LogP contribution in [-0.4, -0.2) is 0 Å². The summed E-state index contributed by atoms with van der Waals surface area (Å²) in [5, 5.41) is 2.72. The van der Waals surface area contributed by atoms with Crippen LogP contribution in [0, 0.1) is 13.8 Å². The maximum absolute atomic E-state index is 2.72. The molecule has 1 aliphatic rings. The smallest absolute Gasteiger partial charge is 0.198 e. The Morgan fingerprint density at radius 1 is 0.717 bits per heavy atom. The molecule has 3 aromatic heterocycles. The molecule has 1 aliphatic heterocycles. The minimum atomic E-state index is 0.0212. The van der Waals surface area contributed by atoms with Crippen molar-refractivity contribution >= 4 is 31.5 Å². The molecule has 4 heterocycles. The molecular weight excluding hydrogens is 661 g/mol. The highest BCUT2D eigenvalue weighted by Crippen LogP contribution is 2.50. The van der Waals surface area contributed by atoms with E-state index in [1.807, 2.05) is 11.3 Å². The van der Waals surface area contributed by atoms with Crippen molar-refractivity contribution in [3.8, 4) is 33.6 Å². The lowest BCUT2D eigenvalue weighted by Crippen LogP contribution is -2.57. The van der Waals surface area contributed by atoms with E-state index < -0.39 is 0 Å². The van der Waals surface area contributed by atoms with Crippen LogP contribution in [0.2, 0.25) is 0 Å². The summed E-state index contributed by atoms with van der Waals surface area (Å²) < 4.78 is 7.99. The summed E-state index contributed by atoms with van der Waals surface area (Å²) in [4.78, 5) is 0. The number of hydrogen-bond donors (Lipinski definition) is 0. The highest BCUT2D eigenvalue weighted by atomic mass is 32.1. The van der Waals surface area contributed by atoms with Gasteiger partial charge in [-0.2, -0.15) is 9.13 Å². The zero-order chi connectivity index (χ0) is 36.7. The number of pyridine rings is 2. The monoisotopic (exact) mass is 714 g/mol. The van der Waals surface area contributed by atoms with Crippen molar-refractivity contribution < 1.29 is 9.13 Å². The minimum Gasteiger partial charge on any atom is -0.198 e. The van der Waals surface area contributed by atoms with Crippen LogP contribution in [0.5, 0.6) is 0 Å². The van der Waals surface area contributed by atoms with Crippen LogP contribution in [0.3, 0.4) is 0 Å². The second-order valence-electron chi connectivity index (χ2n) is 15.6. The van der Waals surface area contributed by atoms with Crippen molar-refractivity contribution in [2.24, 2.45) is 0 Å². The summed E-state index contributed by atoms with van der Waals surface area (Å²) in [7, 11) is 0. The predicted molar refractivity (Wildman–Crippen MR) is 226 cm³/mol. The Bertz CT molecular complexity index is 2420. The third kappa shape index (κ3) is 6.21. The number of nitrogens with zero attached hydrogens (tertiary/aromatic N) is 2. The third-order valence-corrected chi connectivity index (χ3v) is 13.7. The Balaban J connectivity index is 1.28. The quantitative estimate of drug-likeness (QED) is 0.118. The van der Waals surface area contributed by atoms with Gasteiger partial charge in [0, 0.05) is 49.5 Å². The molecule has 0 aliphatic carbocycles. The van der Waals surface area contributed by atoms with Crippen LogP contribution < -0.4 is 9.13 Å². The zero-order valence-electron chi connectivity index (χ0n) is 32.5. The number of aromatic nitrogens is 2. The largest absolute Gasteiger partial charge is 0.213 e.